The lowest BCUT2D eigenvalue weighted by Gasteiger charge is -2.31. The molecule has 0 radical (unpaired) electrons. The van der Waals surface area contributed by atoms with Crippen LogP contribution in [0, 0.1) is 12.8 Å². The second-order valence-electron chi connectivity index (χ2n) is 5.59. The van der Waals surface area contributed by atoms with E-state index >= 15 is 0 Å². The minimum absolute atomic E-state index is 0.0358. The maximum Gasteiger partial charge on any atom is 0.266 e. The van der Waals surface area contributed by atoms with Gasteiger partial charge in [-0.3, -0.25) is 4.79 Å². The van der Waals surface area contributed by atoms with E-state index in [2.05, 4.69) is 4.98 Å². The summed E-state index contributed by atoms with van der Waals surface area (Å²) < 4.78 is 0. The number of carbonyl (C=O) groups excluding carboxylic acids is 1. The van der Waals surface area contributed by atoms with Gasteiger partial charge >= 0.3 is 0 Å². The molecule has 21 heavy (non-hydrogen) atoms. The van der Waals surface area contributed by atoms with Crippen molar-refractivity contribution < 1.29 is 9.90 Å². The lowest BCUT2D eigenvalue weighted by atomic mass is 9.99. The summed E-state index contributed by atoms with van der Waals surface area (Å²) >= 11 is 1.36. The fourth-order valence-corrected chi connectivity index (χ4v) is 3.90. The zero-order valence-corrected chi connectivity index (χ0v) is 12.8. The van der Waals surface area contributed by atoms with Crippen LogP contribution in [0.3, 0.4) is 0 Å². The number of pyridine rings is 1. The Morgan fingerprint density at radius 2 is 2.38 bits per heavy atom. The molecule has 0 saturated carbocycles. The van der Waals surface area contributed by atoms with Crippen LogP contribution in [0.15, 0.2) is 12.1 Å². The van der Waals surface area contributed by atoms with Crippen molar-refractivity contribution in [2.24, 2.45) is 5.92 Å². The number of aliphatic hydroxyl groups is 1. The average molecular weight is 305 g/mol. The van der Waals surface area contributed by atoms with Gasteiger partial charge in [-0.1, -0.05) is 0 Å². The van der Waals surface area contributed by atoms with Crippen molar-refractivity contribution in [1.82, 2.24) is 9.88 Å². The summed E-state index contributed by atoms with van der Waals surface area (Å²) in [5.74, 6) is 0.143. The Hall–Kier alpha value is -1.66. The quantitative estimate of drug-likeness (QED) is 0.890. The van der Waals surface area contributed by atoms with Crippen LogP contribution < -0.4 is 5.73 Å². The Kier molecular flexibility index (Phi) is 3.82. The first-order valence-electron chi connectivity index (χ1n) is 7.16. The SMILES string of the molecule is Cc1ccc2c(N)c(C(=O)N3CCCC(CO)C3)sc2n1. The molecular formula is C15H19N3O2S. The van der Waals surface area contributed by atoms with E-state index in [1.165, 1.54) is 11.3 Å². The van der Waals surface area contributed by atoms with Gasteiger partial charge in [0.2, 0.25) is 0 Å². The number of nitrogens with two attached hydrogens (primary N) is 1. The lowest BCUT2D eigenvalue weighted by molar-refractivity contribution is 0.0626. The molecule has 1 atom stereocenters. The molecule has 1 saturated heterocycles. The molecule has 1 aliphatic heterocycles. The number of fused-ring (bicyclic) bond motifs is 1. The van der Waals surface area contributed by atoms with Gasteiger partial charge in [-0.05, 0) is 37.8 Å². The van der Waals surface area contributed by atoms with Crippen LogP contribution in [0.5, 0.6) is 0 Å². The van der Waals surface area contributed by atoms with Crippen molar-refractivity contribution in [3.63, 3.8) is 0 Å². The number of thiophene rings is 1. The Balaban J connectivity index is 1.92. The first kappa shape index (κ1) is 14.3. The van der Waals surface area contributed by atoms with E-state index in [1.807, 2.05) is 19.1 Å². The lowest BCUT2D eigenvalue weighted by Crippen LogP contribution is -2.40. The van der Waals surface area contributed by atoms with E-state index < -0.39 is 0 Å². The maximum absolute atomic E-state index is 12.7. The predicted molar refractivity (Wildman–Crippen MR) is 84.5 cm³/mol. The second-order valence-corrected chi connectivity index (χ2v) is 6.59. The zero-order chi connectivity index (χ0) is 15.0. The topological polar surface area (TPSA) is 79.5 Å². The second kappa shape index (κ2) is 5.61. The van der Waals surface area contributed by atoms with Crippen molar-refractivity contribution in [3.8, 4) is 0 Å². The molecule has 1 aliphatic rings. The minimum Gasteiger partial charge on any atom is -0.397 e. The summed E-state index contributed by atoms with van der Waals surface area (Å²) in [4.78, 5) is 20.3. The number of carbonyl (C=O) groups is 1. The van der Waals surface area contributed by atoms with Crippen LogP contribution >= 0.6 is 11.3 Å². The van der Waals surface area contributed by atoms with Crippen molar-refractivity contribution in [1.29, 1.82) is 0 Å². The number of hydrogen-bond acceptors (Lipinski definition) is 5. The first-order chi connectivity index (χ1) is 10.1. The molecule has 2 aromatic heterocycles. The monoisotopic (exact) mass is 305 g/mol. The molecule has 0 aliphatic carbocycles. The number of nitrogens with zero attached hydrogens (tertiary/aromatic N) is 2. The summed E-state index contributed by atoms with van der Waals surface area (Å²) in [5.41, 5.74) is 7.58. The molecule has 1 amide bonds. The highest BCUT2D eigenvalue weighted by Gasteiger charge is 2.27. The van der Waals surface area contributed by atoms with Crippen molar-refractivity contribution in [2.75, 3.05) is 25.4 Å². The average Bonchev–Trinajstić information content (AvgIpc) is 2.83. The van der Waals surface area contributed by atoms with E-state index in [4.69, 9.17) is 5.73 Å². The van der Waals surface area contributed by atoms with Gasteiger partial charge in [0.05, 0.1) is 5.69 Å². The van der Waals surface area contributed by atoms with E-state index in [1.54, 1.807) is 4.90 Å². The summed E-state index contributed by atoms with van der Waals surface area (Å²) in [5, 5.41) is 10.1. The minimum atomic E-state index is -0.0358. The highest BCUT2D eigenvalue weighted by molar-refractivity contribution is 7.21. The number of rotatable bonds is 2. The molecule has 0 spiro atoms. The van der Waals surface area contributed by atoms with Crippen LogP contribution in [0.2, 0.25) is 0 Å². The number of piperidine rings is 1. The highest BCUT2D eigenvalue weighted by Crippen LogP contribution is 2.34. The third-order valence-electron chi connectivity index (χ3n) is 3.99. The van der Waals surface area contributed by atoms with E-state index in [-0.39, 0.29) is 18.4 Å². The standard InChI is InChI=1S/C15H19N3O2S/c1-9-4-5-11-12(16)13(21-14(11)17-9)15(20)18-6-2-3-10(7-18)8-19/h4-5,10,19H,2-3,6-8,16H2,1H3. The number of hydrogen-bond donors (Lipinski definition) is 2. The molecule has 112 valence electrons. The van der Waals surface area contributed by atoms with Gasteiger partial charge in [0, 0.05) is 30.8 Å². The largest absolute Gasteiger partial charge is 0.397 e. The third kappa shape index (κ3) is 2.61. The number of aromatic nitrogens is 1. The summed E-state index contributed by atoms with van der Waals surface area (Å²) in [6.45, 7) is 3.39. The molecule has 0 aromatic carbocycles. The Morgan fingerprint density at radius 3 is 3.14 bits per heavy atom. The molecule has 5 nitrogen and oxygen atoms in total. The number of amides is 1. The van der Waals surface area contributed by atoms with Gasteiger partial charge < -0.3 is 15.7 Å². The zero-order valence-electron chi connectivity index (χ0n) is 12.0. The normalized spacial score (nSPS) is 19.1. The summed E-state index contributed by atoms with van der Waals surface area (Å²) in [6.07, 6.45) is 1.90. The third-order valence-corrected chi connectivity index (χ3v) is 5.09. The summed E-state index contributed by atoms with van der Waals surface area (Å²) in [6, 6.07) is 3.83. The van der Waals surface area contributed by atoms with E-state index in [0.717, 1.165) is 35.3 Å². The predicted octanol–water partition coefficient (Wildman–Crippen LogP) is 2.03. The fourth-order valence-electron chi connectivity index (χ4n) is 2.79. The smallest absolute Gasteiger partial charge is 0.266 e. The van der Waals surface area contributed by atoms with Gasteiger partial charge in [-0.25, -0.2) is 4.98 Å². The molecule has 0 bridgehead atoms. The first-order valence-corrected chi connectivity index (χ1v) is 7.97. The van der Waals surface area contributed by atoms with Gasteiger partial charge in [-0.15, -0.1) is 11.3 Å². The molecule has 3 rings (SSSR count). The van der Waals surface area contributed by atoms with Crippen LogP contribution in [0.25, 0.3) is 10.2 Å². The van der Waals surface area contributed by atoms with Crippen molar-refractivity contribution in [3.05, 3.63) is 22.7 Å². The van der Waals surface area contributed by atoms with Crippen LogP contribution in [0.4, 0.5) is 5.69 Å². The molecule has 2 aromatic rings. The Labute approximate surface area is 127 Å². The number of aryl methyl sites for hydroxylation is 1. The Bertz CT molecular complexity index is 683. The highest BCUT2D eigenvalue weighted by atomic mass is 32.1. The Morgan fingerprint density at radius 1 is 1.57 bits per heavy atom. The number of anilines is 1. The summed E-state index contributed by atoms with van der Waals surface area (Å²) in [7, 11) is 0. The molecule has 3 N–H and O–H groups in total. The van der Waals surface area contributed by atoms with E-state index in [0.29, 0.717) is 17.1 Å². The molecular weight excluding hydrogens is 286 g/mol. The van der Waals surface area contributed by atoms with Gasteiger partial charge in [-0.2, -0.15) is 0 Å². The number of aliphatic hydroxyl groups excluding tert-OH is 1. The van der Waals surface area contributed by atoms with Crippen molar-refractivity contribution in [2.45, 2.75) is 19.8 Å². The van der Waals surface area contributed by atoms with Gasteiger partial charge in [0.15, 0.2) is 0 Å². The van der Waals surface area contributed by atoms with E-state index in [9.17, 15) is 9.90 Å². The molecule has 1 unspecified atom stereocenters. The van der Waals surface area contributed by atoms with Gasteiger partial charge in [0.25, 0.3) is 5.91 Å². The van der Waals surface area contributed by atoms with Crippen LogP contribution in [-0.4, -0.2) is 40.6 Å². The molecule has 6 heteroatoms. The maximum atomic E-state index is 12.7. The van der Waals surface area contributed by atoms with Crippen LogP contribution in [0.1, 0.15) is 28.2 Å². The van der Waals surface area contributed by atoms with Gasteiger partial charge in [0.1, 0.15) is 9.71 Å². The number of nitrogen functional groups attached to an aromatic ring is 1. The fraction of sp³-hybridized carbons (Fsp3) is 0.467. The molecule has 1 fully saturated rings. The molecule has 3 heterocycles. The van der Waals surface area contributed by atoms with Crippen LogP contribution in [-0.2, 0) is 0 Å². The number of likely N-dealkylation sites (tertiary alicyclic amines) is 1. The van der Waals surface area contributed by atoms with Crippen molar-refractivity contribution >= 4 is 33.1 Å².